The summed E-state index contributed by atoms with van der Waals surface area (Å²) in [4.78, 5) is 9.18. The van der Waals surface area contributed by atoms with Crippen LogP contribution in [0.15, 0.2) is 73.1 Å². The lowest BCUT2D eigenvalue weighted by molar-refractivity contribution is 0.0325. The second-order valence-corrected chi connectivity index (χ2v) is 7.74. The Morgan fingerprint density at radius 3 is 2.40 bits per heavy atom. The molecule has 0 unspecified atom stereocenters. The Hall–Kier alpha value is -2.60. The molecule has 2 aromatic carbocycles. The molecule has 1 aliphatic heterocycles. The van der Waals surface area contributed by atoms with Crippen molar-refractivity contribution < 1.29 is 9.13 Å². The molecule has 5 heteroatoms. The number of nitrogens with zero attached hydrogens (tertiary/aromatic N) is 3. The molecule has 30 heavy (non-hydrogen) atoms. The van der Waals surface area contributed by atoms with Crippen molar-refractivity contribution >= 4 is 0 Å². The van der Waals surface area contributed by atoms with Gasteiger partial charge in [-0.25, -0.2) is 4.39 Å². The molecule has 1 saturated heterocycles. The van der Waals surface area contributed by atoms with Gasteiger partial charge in [0.15, 0.2) is 0 Å². The van der Waals surface area contributed by atoms with E-state index in [0.717, 1.165) is 63.6 Å². The summed E-state index contributed by atoms with van der Waals surface area (Å²) in [6.45, 7) is 7.30. The van der Waals surface area contributed by atoms with Crippen LogP contribution >= 0.6 is 0 Å². The third kappa shape index (κ3) is 5.95. The van der Waals surface area contributed by atoms with Crippen molar-refractivity contribution in [1.29, 1.82) is 0 Å². The van der Waals surface area contributed by atoms with E-state index >= 15 is 0 Å². The van der Waals surface area contributed by atoms with E-state index in [4.69, 9.17) is 4.74 Å². The van der Waals surface area contributed by atoms with Gasteiger partial charge in [-0.05, 0) is 46.5 Å². The Bertz CT molecular complexity index is 928. The van der Waals surface area contributed by atoms with Gasteiger partial charge in [-0.2, -0.15) is 0 Å². The standard InChI is InChI=1S/C25H28FN3O/c26-25-8-2-7-24(17-25)23-6-1-4-21(16-23)19-29(20-22-5-3-9-27-18-22)11-10-28-12-14-30-15-13-28/h1-9,16-18H,10-15,19-20H2. The quantitative estimate of drug-likeness (QED) is 0.561. The fourth-order valence-corrected chi connectivity index (χ4v) is 3.85. The van der Waals surface area contributed by atoms with Crippen molar-refractivity contribution in [1.82, 2.24) is 14.8 Å². The van der Waals surface area contributed by atoms with Crippen LogP contribution in [0.5, 0.6) is 0 Å². The zero-order valence-electron chi connectivity index (χ0n) is 17.2. The van der Waals surface area contributed by atoms with E-state index < -0.39 is 0 Å². The maximum Gasteiger partial charge on any atom is 0.123 e. The third-order valence-corrected chi connectivity index (χ3v) is 5.46. The summed E-state index contributed by atoms with van der Waals surface area (Å²) >= 11 is 0. The van der Waals surface area contributed by atoms with Gasteiger partial charge in [-0.15, -0.1) is 0 Å². The summed E-state index contributed by atoms with van der Waals surface area (Å²) < 4.78 is 19.1. The molecular formula is C25H28FN3O. The van der Waals surface area contributed by atoms with Gasteiger partial charge in [0.2, 0.25) is 0 Å². The van der Waals surface area contributed by atoms with Gasteiger partial charge in [-0.3, -0.25) is 14.8 Å². The fourth-order valence-electron chi connectivity index (χ4n) is 3.85. The zero-order chi connectivity index (χ0) is 20.6. The number of benzene rings is 2. The summed E-state index contributed by atoms with van der Waals surface area (Å²) in [6.07, 6.45) is 3.74. The van der Waals surface area contributed by atoms with Crippen LogP contribution in [0.2, 0.25) is 0 Å². The highest BCUT2D eigenvalue weighted by Gasteiger charge is 2.14. The van der Waals surface area contributed by atoms with Crippen molar-refractivity contribution in [3.05, 3.63) is 90.0 Å². The predicted octanol–water partition coefficient (Wildman–Crippen LogP) is 4.22. The second kappa shape index (κ2) is 10.4. The minimum Gasteiger partial charge on any atom is -0.379 e. The molecule has 0 atom stereocenters. The number of ether oxygens (including phenoxy) is 1. The molecule has 1 aliphatic rings. The molecule has 1 aromatic heterocycles. The van der Waals surface area contributed by atoms with Gasteiger partial charge < -0.3 is 4.74 Å². The first-order valence-corrected chi connectivity index (χ1v) is 10.5. The monoisotopic (exact) mass is 405 g/mol. The number of hydrogen-bond acceptors (Lipinski definition) is 4. The molecule has 2 heterocycles. The Kier molecular flexibility index (Phi) is 7.19. The molecule has 1 fully saturated rings. The van der Waals surface area contributed by atoms with Gasteiger partial charge >= 0.3 is 0 Å². The summed E-state index contributed by atoms with van der Waals surface area (Å²) in [5.41, 5.74) is 4.38. The Balaban J connectivity index is 1.48. The van der Waals surface area contributed by atoms with Crippen LogP contribution in [0.1, 0.15) is 11.1 Å². The zero-order valence-corrected chi connectivity index (χ0v) is 17.2. The van der Waals surface area contributed by atoms with Crippen molar-refractivity contribution in [3.8, 4) is 11.1 Å². The highest BCUT2D eigenvalue weighted by molar-refractivity contribution is 5.64. The second-order valence-electron chi connectivity index (χ2n) is 7.74. The summed E-state index contributed by atoms with van der Waals surface area (Å²) in [5, 5.41) is 0. The van der Waals surface area contributed by atoms with Gasteiger partial charge in [0.05, 0.1) is 13.2 Å². The molecule has 0 saturated carbocycles. The fraction of sp³-hybridized carbons (Fsp3) is 0.320. The normalized spacial score (nSPS) is 14.9. The van der Waals surface area contributed by atoms with Gasteiger partial charge in [0.25, 0.3) is 0 Å². The van der Waals surface area contributed by atoms with Crippen LogP contribution in [-0.2, 0) is 17.8 Å². The van der Waals surface area contributed by atoms with E-state index in [1.165, 1.54) is 17.2 Å². The lowest BCUT2D eigenvalue weighted by Crippen LogP contribution is -2.41. The minimum atomic E-state index is -0.207. The number of pyridine rings is 1. The van der Waals surface area contributed by atoms with Gasteiger partial charge in [0, 0.05) is 51.7 Å². The number of morpholine rings is 1. The largest absolute Gasteiger partial charge is 0.379 e. The summed E-state index contributed by atoms with van der Waals surface area (Å²) in [7, 11) is 0. The summed E-state index contributed by atoms with van der Waals surface area (Å²) in [5.74, 6) is -0.207. The van der Waals surface area contributed by atoms with E-state index in [2.05, 4.69) is 39.0 Å². The van der Waals surface area contributed by atoms with E-state index in [9.17, 15) is 4.39 Å². The molecule has 156 valence electrons. The van der Waals surface area contributed by atoms with E-state index in [1.54, 1.807) is 12.1 Å². The SMILES string of the molecule is Fc1cccc(-c2cccc(CN(CCN3CCOCC3)Cc3cccnc3)c2)c1. The topological polar surface area (TPSA) is 28.6 Å². The smallest absolute Gasteiger partial charge is 0.123 e. The van der Waals surface area contributed by atoms with Crippen LogP contribution in [-0.4, -0.2) is 54.2 Å². The van der Waals surface area contributed by atoms with Crippen molar-refractivity contribution in [3.63, 3.8) is 0 Å². The van der Waals surface area contributed by atoms with E-state index in [0.29, 0.717) is 0 Å². The Morgan fingerprint density at radius 2 is 1.63 bits per heavy atom. The molecule has 0 spiro atoms. The predicted molar refractivity (Wildman–Crippen MR) is 117 cm³/mol. The van der Waals surface area contributed by atoms with Gasteiger partial charge in [0.1, 0.15) is 5.82 Å². The third-order valence-electron chi connectivity index (χ3n) is 5.46. The van der Waals surface area contributed by atoms with Crippen LogP contribution < -0.4 is 0 Å². The molecule has 3 aromatic rings. The molecular weight excluding hydrogens is 377 g/mol. The maximum absolute atomic E-state index is 13.7. The number of aromatic nitrogens is 1. The molecule has 0 aliphatic carbocycles. The number of rotatable bonds is 8. The van der Waals surface area contributed by atoms with Crippen LogP contribution in [0, 0.1) is 5.82 Å². The molecule has 0 bridgehead atoms. The van der Waals surface area contributed by atoms with Crippen LogP contribution in [0.4, 0.5) is 4.39 Å². The van der Waals surface area contributed by atoms with Crippen molar-refractivity contribution in [2.24, 2.45) is 0 Å². The number of halogens is 1. The first-order valence-electron chi connectivity index (χ1n) is 10.5. The maximum atomic E-state index is 13.7. The average molecular weight is 406 g/mol. The lowest BCUT2D eigenvalue weighted by atomic mass is 10.0. The van der Waals surface area contributed by atoms with E-state index in [1.807, 2.05) is 30.6 Å². The first-order chi connectivity index (χ1) is 14.8. The van der Waals surface area contributed by atoms with Crippen LogP contribution in [0.3, 0.4) is 0 Å². The van der Waals surface area contributed by atoms with Crippen LogP contribution in [0.25, 0.3) is 11.1 Å². The Morgan fingerprint density at radius 1 is 0.900 bits per heavy atom. The molecule has 0 radical (unpaired) electrons. The van der Waals surface area contributed by atoms with Crippen molar-refractivity contribution in [2.45, 2.75) is 13.1 Å². The number of hydrogen-bond donors (Lipinski definition) is 0. The molecule has 0 amide bonds. The highest BCUT2D eigenvalue weighted by atomic mass is 19.1. The molecule has 4 rings (SSSR count). The lowest BCUT2D eigenvalue weighted by Gasteiger charge is -2.30. The average Bonchev–Trinajstić information content (AvgIpc) is 2.79. The van der Waals surface area contributed by atoms with E-state index in [-0.39, 0.29) is 5.82 Å². The minimum absolute atomic E-state index is 0.207. The molecule has 4 nitrogen and oxygen atoms in total. The summed E-state index contributed by atoms with van der Waals surface area (Å²) in [6, 6.07) is 19.3. The van der Waals surface area contributed by atoms with Crippen molar-refractivity contribution in [2.75, 3.05) is 39.4 Å². The highest BCUT2D eigenvalue weighted by Crippen LogP contribution is 2.22. The van der Waals surface area contributed by atoms with Gasteiger partial charge in [-0.1, -0.05) is 36.4 Å². The Labute approximate surface area is 177 Å². The molecule has 0 N–H and O–H groups in total. The first kappa shape index (κ1) is 20.7.